The van der Waals surface area contributed by atoms with Crippen LogP contribution in [0.15, 0.2) is 18.2 Å². The van der Waals surface area contributed by atoms with Crippen LogP contribution in [0.5, 0.6) is 0 Å². The zero-order valence-corrected chi connectivity index (χ0v) is 13.1. The first-order chi connectivity index (χ1) is 10.3. The molecule has 5 heteroatoms. The van der Waals surface area contributed by atoms with Crippen LogP contribution in [0.4, 0.5) is 0 Å². The Kier molecular flexibility index (Phi) is 4.64. The molecule has 0 bridgehead atoms. The van der Waals surface area contributed by atoms with Gasteiger partial charge in [0.15, 0.2) is 5.78 Å². The van der Waals surface area contributed by atoms with Gasteiger partial charge in [0.2, 0.25) is 0 Å². The van der Waals surface area contributed by atoms with E-state index in [4.69, 9.17) is 0 Å². The fourth-order valence-electron chi connectivity index (χ4n) is 3.01. The summed E-state index contributed by atoms with van der Waals surface area (Å²) < 4.78 is 0. The molecule has 0 aromatic heterocycles. The van der Waals surface area contributed by atoms with Crippen molar-refractivity contribution in [2.24, 2.45) is 11.8 Å². The van der Waals surface area contributed by atoms with Gasteiger partial charge in [0, 0.05) is 24.2 Å². The summed E-state index contributed by atoms with van der Waals surface area (Å²) in [6, 6.07) is 5.06. The Labute approximate surface area is 129 Å². The van der Waals surface area contributed by atoms with Gasteiger partial charge >= 0.3 is 5.97 Å². The summed E-state index contributed by atoms with van der Waals surface area (Å²) >= 11 is 0. The minimum atomic E-state index is -0.863. The van der Waals surface area contributed by atoms with E-state index in [0.717, 1.165) is 5.56 Å². The summed E-state index contributed by atoms with van der Waals surface area (Å²) in [6.45, 7) is 6.02. The number of aryl methyl sites for hydroxylation is 1. The Morgan fingerprint density at radius 1 is 1.23 bits per heavy atom. The summed E-state index contributed by atoms with van der Waals surface area (Å²) in [5, 5.41) is 9.20. The number of piperidine rings is 1. The number of ketones is 1. The molecule has 118 valence electrons. The summed E-state index contributed by atoms with van der Waals surface area (Å²) in [5.74, 6) is -1.53. The zero-order valence-electron chi connectivity index (χ0n) is 13.1. The summed E-state index contributed by atoms with van der Waals surface area (Å²) in [4.78, 5) is 37.0. The molecule has 2 atom stereocenters. The van der Waals surface area contributed by atoms with Crippen LogP contribution < -0.4 is 0 Å². The maximum Gasteiger partial charge on any atom is 0.308 e. The van der Waals surface area contributed by atoms with E-state index < -0.39 is 11.9 Å². The number of carbonyl (C=O) groups is 3. The lowest BCUT2D eigenvalue weighted by Gasteiger charge is -2.34. The van der Waals surface area contributed by atoms with Crippen LogP contribution >= 0.6 is 0 Å². The minimum absolute atomic E-state index is 0.0809. The van der Waals surface area contributed by atoms with Crippen LogP contribution in [-0.4, -0.2) is 40.8 Å². The maximum absolute atomic E-state index is 12.6. The normalized spacial score (nSPS) is 21.5. The van der Waals surface area contributed by atoms with Crippen molar-refractivity contribution in [3.8, 4) is 0 Å². The van der Waals surface area contributed by atoms with Crippen LogP contribution in [0.2, 0.25) is 0 Å². The number of Topliss-reactive ketones (excluding diaryl/α,β-unsaturated/α-hetero) is 1. The molecule has 5 nitrogen and oxygen atoms in total. The standard InChI is InChI=1S/C17H21NO4/c1-10-6-14(17(21)22)9-18(8-10)16(20)13-5-4-11(2)15(7-13)12(3)19/h4-5,7,10,14H,6,8-9H2,1-3H3,(H,21,22). The lowest BCUT2D eigenvalue weighted by molar-refractivity contribution is -0.143. The lowest BCUT2D eigenvalue weighted by atomic mass is 9.90. The van der Waals surface area contributed by atoms with Gasteiger partial charge in [-0.3, -0.25) is 14.4 Å². The molecule has 1 heterocycles. The van der Waals surface area contributed by atoms with Gasteiger partial charge in [0.1, 0.15) is 0 Å². The third-order valence-corrected chi connectivity index (χ3v) is 4.16. The Hall–Kier alpha value is -2.17. The van der Waals surface area contributed by atoms with Crippen LogP contribution in [0.25, 0.3) is 0 Å². The van der Waals surface area contributed by atoms with E-state index in [-0.39, 0.29) is 24.2 Å². The van der Waals surface area contributed by atoms with E-state index in [2.05, 4.69) is 0 Å². The number of rotatable bonds is 3. The van der Waals surface area contributed by atoms with Crippen molar-refractivity contribution in [3.05, 3.63) is 34.9 Å². The third kappa shape index (κ3) is 3.35. The van der Waals surface area contributed by atoms with Crippen LogP contribution in [0, 0.1) is 18.8 Å². The second-order valence-electron chi connectivity index (χ2n) is 6.17. The molecular formula is C17H21NO4. The molecule has 1 fully saturated rings. The van der Waals surface area contributed by atoms with Crippen LogP contribution in [-0.2, 0) is 4.79 Å². The quantitative estimate of drug-likeness (QED) is 0.870. The molecule has 1 amide bonds. The first-order valence-corrected chi connectivity index (χ1v) is 7.43. The number of hydrogen-bond donors (Lipinski definition) is 1. The number of carboxylic acid groups (broad SMARTS) is 1. The molecule has 0 spiro atoms. The molecule has 1 aromatic rings. The van der Waals surface area contributed by atoms with E-state index in [9.17, 15) is 19.5 Å². The molecular weight excluding hydrogens is 282 g/mol. The Morgan fingerprint density at radius 2 is 1.91 bits per heavy atom. The smallest absolute Gasteiger partial charge is 0.308 e. The van der Waals surface area contributed by atoms with E-state index in [1.54, 1.807) is 23.1 Å². The SMILES string of the molecule is CC(=O)c1cc(C(=O)N2CC(C)CC(C(=O)O)C2)ccc1C. The second kappa shape index (κ2) is 6.30. The maximum atomic E-state index is 12.6. The highest BCUT2D eigenvalue weighted by molar-refractivity contribution is 6.00. The molecule has 1 aromatic carbocycles. The number of carbonyl (C=O) groups excluding carboxylic acids is 2. The minimum Gasteiger partial charge on any atom is -0.481 e. The lowest BCUT2D eigenvalue weighted by Crippen LogP contribution is -2.45. The molecule has 1 aliphatic rings. The van der Waals surface area contributed by atoms with E-state index in [1.807, 2.05) is 13.8 Å². The molecule has 2 rings (SSSR count). The predicted octanol–water partition coefficient (Wildman–Crippen LogP) is 2.38. The summed E-state index contributed by atoms with van der Waals surface area (Å²) in [6.07, 6.45) is 0.589. The second-order valence-corrected chi connectivity index (χ2v) is 6.17. The van der Waals surface area contributed by atoms with Gasteiger partial charge in [-0.15, -0.1) is 0 Å². The highest BCUT2D eigenvalue weighted by atomic mass is 16.4. The fourth-order valence-corrected chi connectivity index (χ4v) is 3.01. The summed E-state index contributed by atoms with van der Waals surface area (Å²) in [5.41, 5.74) is 1.80. The van der Waals surface area contributed by atoms with Crippen molar-refractivity contribution >= 4 is 17.7 Å². The van der Waals surface area contributed by atoms with Gasteiger partial charge in [0.25, 0.3) is 5.91 Å². The van der Waals surface area contributed by atoms with Gasteiger partial charge in [-0.25, -0.2) is 0 Å². The van der Waals surface area contributed by atoms with Crippen molar-refractivity contribution in [2.45, 2.75) is 27.2 Å². The zero-order chi connectivity index (χ0) is 16.4. The van der Waals surface area contributed by atoms with Crippen molar-refractivity contribution in [1.29, 1.82) is 0 Å². The summed E-state index contributed by atoms with van der Waals surface area (Å²) in [7, 11) is 0. The molecule has 0 saturated carbocycles. The van der Waals surface area contributed by atoms with E-state index in [1.165, 1.54) is 6.92 Å². The molecule has 0 radical (unpaired) electrons. The topological polar surface area (TPSA) is 74.7 Å². The highest BCUT2D eigenvalue weighted by Crippen LogP contribution is 2.24. The fraction of sp³-hybridized carbons (Fsp3) is 0.471. The first kappa shape index (κ1) is 16.2. The molecule has 1 aliphatic heterocycles. The number of hydrogen-bond acceptors (Lipinski definition) is 3. The molecule has 2 unspecified atom stereocenters. The van der Waals surface area contributed by atoms with Crippen LogP contribution in [0.3, 0.4) is 0 Å². The Balaban J connectivity index is 2.25. The molecule has 0 aliphatic carbocycles. The number of carboxylic acids is 1. The van der Waals surface area contributed by atoms with Gasteiger partial charge in [-0.2, -0.15) is 0 Å². The van der Waals surface area contributed by atoms with Crippen molar-refractivity contribution in [1.82, 2.24) is 4.90 Å². The molecule has 22 heavy (non-hydrogen) atoms. The number of nitrogens with zero attached hydrogens (tertiary/aromatic N) is 1. The van der Waals surface area contributed by atoms with Crippen LogP contribution in [0.1, 0.15) is 46.5 Å². The van der Waals surface area contributed by atoms with Gasteiger partial charge in [-0.05, 0) is 43.9 Å². The highest BCUT2D eigenvalue weighted by Gasteiger charge is 2.32. The number of amides is 1. The third-order valence-electron chi connectivity index (χ3n) is 4.16. The predicted molar refractivity (Wildman–Crippen MR) is 82.0 cm³/mol. The number of aliphatic carboxylic acids is 1. The Morgan fingerprint density at radius 3 is 2.50 bits per heavy atom. The molecule has 1 N–H and O–H groups in total. The van der Waals surface area contributed by atoms with Crippen molar-refractivity contribution < 1.29 is 19.5 Å². The van der Waals surface area contributed by atoms with Crippen molar-refractivity contribution in [2.75, 3.05) is 13.1 Å². The van der Waals surface area contributed by atoms with E-state index >= 15 is 0 Å². The average Bonchev–Trinajstić information content (AvgIpc) is 2.46. The van der Waals surface area contributed by atoms with Gasteiger partial charge < -0.3 is 10.0 Å². The average molecular weight is 303 g/mol. The monoisotopic (exact) mass is 303 g/mol. The first-order valence-electron chi connectivity index (χ1n) is 7.43. The Bertz CT molecular complexity index is 623. The van der Waals surface area contributed by atoms with Crippen molar-refractivity contribution in [3.63, 3.8) is 0 Å². The van der Waals surface area contributed by atoms with Gasteiger partial charge in [0.05, 0.1) is 5.92 Å². The number of likely N-dealkylation sites (tertiary alicyclic amines) is 1. The van der Waals surface area contributed by atoms with E-state index in [0.29, 0.717) is 24.1 Å². The number of benzene rings is 1. The molecule has 1 saturated heterocycles. The largest absolute Gasteiger partial charge is 0.481 e. The van der Waals surface area contributed by atoms with Gasteiger partial charge in [-0.1, -0.05) is 13.0 Å².